The molecule has 0 heterocycles. The van der Waals surface area contributed by atoms with E-state index in [0.717, 1.165) is 4.47 Å². The lowest BCUT2D eigenvalue weighted by Crippen LogP contribution is -2.55. The molecule has 1 aliphatic rings. The van der Waals surface area contributed by atoms with Gasteiger partial charge in [-0.05, 0) is 36.8 Å². The number of rotatable bonds is 5. The van der Waals surface area contributed by atoms with Crippen LogP contribution in [0.5, 0.6) is 0 Å². The summed E-state index contributed by atoms with van der Waals surface area (Å²) in [5, 5.41) is 21.2. The third-order valence-electron chi connectivity index (χ3n) is 3.62. The molecule has 126 valence electrons. The highest BCUT2D eigenvalue weighted by Gasteiger charge is 2.41. The maximum absolute atomic E-state index is 12.3. The molecule has 0 saturated carbocycles. The number of halogens is 1. The Bertz CT molecular complexity index is 768. The Kier molecular flexibility index (Phi) is 5.23. The van der Waals surface area contributed by atoms with Crippen LogP contribution < -0.4 is 5.32 Å². The van der Waals surface area contributed by atoms with Gasteiger partial charge in [-0.15, -0.1) is 0 Å². The molecule has 1 amide bonds. The molecule has 6 nitrogen and oxygen atoms in total. The van der Waals surface area contributed by atoms with Gasteiger partial charge in [-0.2, -0.15) is 0 Å². The predicted octanol–water partition coefficient (Wildman–Crippen LogP) is 2.29. The molecule has 0 radical (unpaired) electrons. The van der Waals surface area contributed by atoms with Gasteiger partial charge in [-0.1, -0.05) is 33.6 Å². The van der Waals surface area contributed by atoms with Crippen molar-refractivity contribution in [3.05, 3.63) is 57.6 Å². The van der Waals surface area contributed by atoms with Crippen molar-refractivity contribution in [2.45, 2.75) is 25.3 Å². The molecule has 1 aromatic rings. The smallest absolute Gasteiger partial charge is 0.333 e. The SMILES string of the molecule is CC1=CC(NC(=O)Cc2cccc(Br)c2)(C(=O)O)CC(C(=O)O)=C1. The Balaban J connectivity index is 2.23. The monoisotopic (exact) mass is 393 g/mol. The van der Waals surface area contributed by atoms with Crippen molar-refractivity contribution in [2.24, 2.45) is 0 Å². The van der Waals surface area contributed by atoms with Gasteiger partial charge in [0.2, 0.25) is 5.91 Å². The van der Waals surface area contributed by atoms with Crippen LogP contribution in [0, 0.1) is 0 Å². The van der Waals surface area contributed by atoms with Crippen LogP contribution in [-0.2, 0) is 20.8 Å². The van der Waals surface area contributed by atoms with Crippen molar-refractivity contribution < 1.29 is 24.6 Å². The normalized spacial score (nSPS) is 19.9. The molecule has 1 aliphatic carbocycles. The second-order valence-electron chi connectivity index (χ2n) is 5.67. The van der Waals surface area contributed by atoms with Gasteiger partial charge >= 0.3 is 11.9 Å². The first-order valence-corrected chi connectivity index (χ1v) is 7.93. The number of carbonyl (C=O) groups is 3. The molecule has 24 heavy (non-hydrogen) atoms. The van der Waals surface area contributed by atoms with E-state index in [4.69, 9.17) is 5.11 Å². The zero-order valence-corrected chi connectivity index (χ0v) is 14.5. The van der Waals surface area contributed by atoms with Gasteiger partial charge in [-0.25, -0.2) is 9.59 Å². The number of hydrogen-bond acceptors (Lipinski definition) is 3. The predicted molar refractivity (Wildman–Crippen MR) is 90.4 cm³/mol. The van der Waals surface area contributed by atoms with Crippen LogP contribution in [0.25, 0.3) is 0 Å². The van der Waals surface area contributed by atoms with Crippen LogP contribution in [0.4, 0.5) is 0 Å². The average Bonchev–Trinajstić information content (AvgIpc) is 2.46. The number of carboxylic acid groups (broad SMARTS) is 2. The molecule has 0 bridgehead atoms. The quantitative estimate of drug-likeness (QED) is 0.711. The summed E-state index contributed by atoms with van der Waals surface area (Å²) in [5.41, 5.74) is -0.618. The summed E-state index contributed by atoms with van der Waals surface area (Å²) in [6, 6.07) is 7.10. The zero-order chi connectivity index (χ0) is 17.9. The highest BCUT2D eigenvalue weighted by molar-refractivity contribution is 9.10. The molecule has 2 rings (SSSR count). The van der Waals surface area contributed by atoms with E-state index in [-0.39, 0.29) is 18.4 Å². The molecular formula is C17H16BrNO5. The van der Waals surface area contributed by atoms with Gasteiger partial charge in [0, 0.05) is 16.5 Å². The van der Waals surface area contributed by atoms with E-state index < -0.39 is 23.4 Å². The Labute approximate surface area is 147 Å². The molecule has 0 fully saturated rings. The maximum atomic E-state index is 12.3. The van der Waals surface area contributed by atoms with Crippen molar-refractivity contribution in [1.82, 2.24) is 5.32 Å². The van der Waals surface area contributed by atoms with Gasteiger partial charge < -0.3 is 15.5 Å². The largest absolute Gasteiger partial charge is 0.479 e. The third-order valence-corrected chi connectivity index (χ3v) is 4.11. The van der Waals surface area contributed by atoms with Gasteiger partial charge in [0.05, 0.1) is 6.42 Å². The molecular weight excluding hydrogens is 378 g/mol. The summed E-state index contributed by atoms with van der Waals surface area (Å²) in [4.78, 5) is 35.3. The maximum Gasteiger partial charge on any atom is 0.333 e. The fourth-order valence-electron chi connectivity index (χ4n) is 2.64. The van der Waals surface area contributed by atoms with Crippen LogP contribution in [0.15, 0.2) is 52.0 Å². The third kappa shape index (κ3) is 4.11. The van der Waals surface area contributed by atoms with Crippen molar-refractivity contribution in [2.75, 3.05) is 0 Å². The molecule has 0 spiro atoms. The lowest BCUT2D eigenvalue weighted by Gasteiger charge is -2.31. The van der Waals surface area contributed by atoms with Crippen molar-refractivity contribution >= 4 is 33.8 Å². The summed E-state index contributed by atoms with van der Waals surface area (Å²) < 4.78 is 0.810. The van der Waals surface area contributed by atoms with Crippen LogP contribution in [-0.4, -0.2) is 33.6 Å². The summed E-state index contributed by atoms with van der Waals surface area (Å²) in [6.07, 6.45) is 2.47. The molecule has 1 atom stereocenters. The van der Waals surface area contributed by atoms with Gasteiger partial charge in [0.15, 0.2) is 5.54 Å². The number of carbonyl (C=O) groups excluding carboxylic acids is 1. The number of carboxylic acids is 2. The highest BCUT2D eigenvalue weighted by Crippen LogP contribution is 2.27. The number of nitrogens with one attached hydrogen (secondary N) is 1. The summed E-state index contributed by atoms with van der Waals surface area (Å²) in [7, 11) is 0. The first-order chi connectivity index (χ1) is 11.2. The topological polar surface area (TPSA) is 104 Å². The molecule has 3 N–H and O–H groups in total. The lowest BCUT2D eigenvalue weighted by atomic mass is 9.83. The van der Waals surface area contributed by atoms with E-state index >= 15 is 0 Å². The second-order valence-corrected chi connectivity index (χ2v) is 6.59. The number of hydrogen-bond donors (Lipinski definition) is 3. The molecule has 7 heteroatoms. The summed E-state index contributed by atoms with van der Waals surface area (Å²) in [6.45, 7) is 1.60. The van der Waals surface area contributed by atoms with Crippen LogP contribution in [0.2, 0.25) is 0 Å². The summed E-state index contributed by atoms with van der Waals surface area (Å²) in [5.74, 6) is -2.99. The molecule has 0 aromatic heterocycles. The zero-order valence-electron chi connectivity index (χ0n) is 12.9. The molecule has 0 aliphatic heterocycles. The summed E-state index contributed by atoms with van der Waals surface area (Å²) >= 11 is 3.31. The molecule has 1 aromatic carbocycles. The Hall–Kier alpha value is -2.41. The van der Waals surface area contributed by atoms with Crippen molar-refractivity contribution in [3.8, 4) is 0 Å². The standard InChI is InChI=1S/C17H16BrNO5/c1-10-5-12(15(21)22)9-17(8-10,16(23)24)19-14(20)7-11-3-2-4-13(18)6-11/h2-6,8H,7,9H2,1H3,(H,19,20)(H,21,22)(H,23,24). The first kappa shape index (κ1) is 17.9. The second kappa shape index (κ2) is 7.00. The van der Waals surface area contributed by atoms with Crippen LogP contribution >= 0.6 is 15.9 Å². The van der Waals surface area contributed by atoms with Gasteiger partial charge in [0.25, 0.3) is 0 Å². The van der Waals surface area contributed by atoms with E-state index in [1.807, 2.05) is 6.07 Å². The van der Waals surface area contributed by atoms with E-state index in [2.05, 4.69) is 21.2 Å². The van der Waals surface area contributed by atoms with E-state index in [0.29, 0.717) is 11.1 Å². The van der Waals surface area contributed by atoms with Crippen LogP contribution in [0.1, 0.15) is 18.9 Å². The minimum Gasteiger partial charge on any atom is -0.479 e. The van der Waals surface area contributed by atoms with Gasteiger partial charge in [0.1, 0.15) is 0 Å². The Morgan fingerprint density at radius 2 is 2.00 bits per heavy atom. The number of aliphatic carboxylic acids is 2. The minimum absolute atomic E-state index is 0.00647. The Morgan fingerprint density at radius 3 is 2.58 bits per heavy atom. The number of allylic oxidation sites excluding steroid dienone is 2. The van der Waals surface area contributed by atoms with Gasteiger partial charge in [-0.3, -0.25) is 4.79 Å². The Morgan fingerprint density at radius 1 is 1.29 bits per heavy atom. The highest BCUT2D eigenvalue weighted by atomic mass is 79.9. The lowest BCUT2D eigenvalue weighted by molar-refractivity contribution is -0.145. The van der Waals surface area contributed by atoms with Crippen molar-refractivity contribution in [1.29, 1.82) is 0 Å². The van der Waals surface area contributed by atoms with E-state index in [1.165, 1.54) is 12.2 Å². The number of amides is 1. The molecule has 1 unspecified atom stereocenters. The van der Waals surface area contributed by atoms with E-state index in [9.17, 15) is 19.5 Å². The first-order valence-electron chi connectivity index (χ1n) is 7.14. The minimum atomic E-state index is -1.75. The molecule has 0 saturated heterocycles. The fraction of sp³-hybridized carbons (Fsp3) is 0.235. The number of benzene rings is 1. The van der Waals surface area contributed by atoms with Crippen molar-refractivity contribution in [3.63, 3.8) is 0 Å². The fourth-order valence-corrected chi connectivity index (χ4v) is 3.09. The van der Waals surface area contributed by atoms with Crippen LogP contribution in [0.3, 0.4) is 0 Å². The van der Waals surface area contributed by atoms with E-state index in [1.54, 1.807) is 25.1 Å². The average molecular weight is 394 g/mol.